The van der Waals surface area contributed by atoms with E-state index in [0.717, 1.165) is 0 Å². The number of carboxylic acids is 1. The zero-order chi connectivity index (χ0) is 20.4. The van der Waals surface area contributed by atoms with E-state index in [1.165, 1.54) is 35.6 Å². The van der Waals surface area contributed by atoms with Crippen LogP contribution >= 0.6 is 11.3 Å². The third kappa shape index (κ3) is 4.09. The van der Waals surface area contributed by atoms with E-state index in [1.54, 1.807) is 4.57 Å². The van der Waals surface area contributed by atoms with Crippen LogP contribution in [0.25, 0.3) is 10.2 Å². The summed E-state index contributed by atoms with van der Waals surface area (Å²) in [5.41, 5.74) is 0.508. The lowest BCUT2D eigenvalue weighted by atomic mass is 9.97. The Hall–Kier alpha value is -2.94. The summed E-state index contributed by atoms with van der Waals surface area (Å²) in [4.78, 5) is 30.9. The maximum atomic E-state index is 13.0. The van der Waals surface area contributed by atoms with Crippen LogP contribution in [0.3, 0.4) is 0 Å². The third-order valence-electron chi connectivity index (χ3n) is 5.07. The van der Waals surface area contributed by atoms with Crippen molar-refractivity contribution in [2.75, 3.05) is 24.6 Å². The molecular weight excluding hydrogens is 397 g/mol. The molecule has 0 atom stereocenters. The lowest BCUT2D eigenvalue weighted by molar-refractivity contribution is -0.142. The van der Waals surface area contributed by atoms with Crippen molar-refractivity contribution in [1.82, 2.24) is 9.55 Å². The lowest BCUT2D eigenvalue weighted by Crippen LogP contribution is -2.40. The first-order valence-electron chi connectivity index (χ1n) is 9.37. The molecule has 1 fully saturated rings. The molecule has 0 saturated carbocycles. The molecule has 0 amide bonds. The highest BCUT2D eigenvalue weighted by atomic mass is 32.1. The van der Waals surface area contributed by atoms with Gasteiger partial charge in [-0.1, -0.05) is 0 Å². The quantitative estimate of drug-likeness (QED) is 0.664. The molecule has 3 aromatic rings. The molecule has 0 unspecified atom stereocenters. The summed E-state index contributed by atoms with van der Waals surface area (Å²) >= 11 is 1.34. The second-order valence-electron chi connectivity index (χ2n) is 6.91. The van der Waals surface area contributed by atoms with Crippen LogP contribution in [0.4, 0.5) is 10.3 Å². The van der Waals surface area contributed by atoms with Crippen molar-refractivity contribution >= 4 is 33.5 Å². The van der Waals surface area contributed by atoms with Crippen LogP contribution in [-0.2, 0) is 11.3 Å². The SMILES string of the molecule is O=C(O)C1CCN(c2nc3ccsc3c(=O)n2CCOc2ccc(F)cc2)CC1. The molecule has 1 saturated heterocycles. The lowest BCUT2D eigenvalue weighted by Gasteiger charge is -2.32. The van der Waals surface area contributed by atoms with Gasteiger partial charge in [-0.3, -0.25) is 14.2 Å². The number of halogens is 1. The van der Waals surface area contributed by atoms with Gasteiger partial charge in [-0.05, 0) is 48.6 Å². The van der Waals surface area contributed by atoms with E-state index in [9.17, 15) is 19.1 Å². The van der Waals surface area contributed by atoms with E-state index in [4.69, 9.17) is 4.74 Å². The van der Waals surface area contributed by atoms with Crippen molar-refractivity contribution in [3.05, 3.63) is 51.9 Å². The second-order valence-corrected chi connectivity index (χ2v) is 7.82. The largest absolute Gasteiger partial charge is 0.492 e. The van der Waals surface area contributed by atoms with Crippen molar-refractivity contribution in [3.8, 4) is 5.75 Å². The number of carbonyl (C=O) groups is 1. The van der Waals surface area contributed by atoms with Gasteiger partial charge in [0.15, 0.2) is 0 Å². The smallest absolute Gasteiger partial charge is 0.306 e. The first kappa shape index (κ1) is 19.4. The zero-order valence-corrected chi connectivity index (χ0v) is 16.4. The van der Waals surface area contributed by atoms with Crippen LogP contribution in [-0.4, -0.2) is 40.3 Å². The van der Waals surface area contributed by atoms with Crippen LogP contribution in [0.5, 0.6) is 5.75 Å². The molecule has 0 aliphatic carbocycles. The number of aromatic nitrogens is 2. The van der Waals surface area contributed by atoms with Gasteiger partial charge < -0.3 is 14.7 Å². The predicted octanol–water partition coefficient (Wildman–Crippen LogP) is 2.98. The van der Waals surface area contributed by atoms with Gasteiger partial charge in [0.1, 0.15) is 22.9 Å². The van der Waals surface area contributed by atoms with Gasteiger partial charge in [0.25, 0.3) is 5.56 Å². The molecular formula is C20H20FN3O4S. The van der Waals surface area contributed by atoms with E-state index in [-0.39, 0.29) is 30.4 Å². The molecule has 29 heavy (non-hydrogen) atoms. The molecule has 7 nitrogen and oxygen atoms in total. The third-order valence-corrected chi connectivity index (χ3v) is 5.96. The minimum Gasteiger partial charge on any atom is -0.492 e. The molecule has 0 spiro atoms. The molecule has 4 rings (SSSR count). The number of benzene rings is 1. The molecule has 0 bridgehead atoms. The predicted molar refractivity (Wildman–Crippen MR) is 108 cm³/mol. The van der Waals surface area contributed by atoms with Crippen molar-refractivity contribution in [1.29, 1.82) is 0 Å². The van der Waals surface area contributed by atoms with Gasteiger partial charge in [0, 0.05) is 13.1 Å². The first-order valence-corrected chi connectivity index (χ1v) is 10.2. The maximum absolute atomic E-state index is 13.0. The van der Waals surface area contributed by atoms with E-state index in [1.807, 2.05) is 16.3 Å². The number of rotatable bonds is 6. The van der Waals surface area contributed by atoms with Crippen LogP contribution in [0, 0.1) is 11.7 Å². The molecule has 0 radical (unpaired) electrons. The monoisotopic (exact) mass is 417 g/mol. The van der Waals surface area contributed by atoms with Crippen LogP contribution in [0.2, 0.25) is 0 Å². The number of hydrogen-bond donors (Lipinski definition) is 1. The second kappa shape index (κ2) is 8.20. The van der Waals surface area contributed by atoms with Crippen molar-refractivity contribution in [2.24, 2.45) is 5.92 Å². The number of hydrogen-bond acceptors (Lipinski definition) is 6. The summed E-state index contributed by atoms with van der Waals surface area (Å²) in [6.07, 6.45) is 1.03. The minimum atomic E-state index is -0.781. The Balaban J connectivity index is 1.57. The average molecular weight is 417 g/mol. The Kier molecular flexibility index (Phi) is 5.48. The molecule has 2 aromatic heterocycles. The van der Waals surface area contributed by atoms with Gasteiger partial charge in [-0.25, -0.2) is 9.37 Å². The summed E-state index contributed by atoms with van der Waals surface area (Å²) < 4.78 is 20.9. The number of carboxylic acid groups (broad SMARTS) is 1. The fraction of sp³-hybridized carbons (Fsp3) is 0.350. The van der Waals surface area contributed by atoms with Gasteiger partial charge >= 0.3 is 5.97 Å². The summed E-state index contributed by atoms with van der Waals surface area (Å²) in [5.74, 6) is -0.428. The fourth-order valence-electron chi connectivity index (χ4n) is 3.49. The molecule has 1 N–H and O–H groups in total. The summed E-state index contributed by atoms with van der Waals surface area (Å²) in [6.45, 7) is 1.56. The fourth-order valence-corrected chi connectivity index (χ4v) is 4.27. The molecule has 3 heterocycles. The number of aliphatic carboxylic acids is 1. The Morgan fingerprint density at radius 1 is 1.24 bits per heavy atom. The number of fused-ring (bicyclic) bond motifs is 1. The van der Waals surface area contributed by atoms with Gasteiger partial charge in [0.05, 0.1) is 18.0 Å². The van der Waals surface area contributed by atoms with Crippen LogP contribution < -0.4 is 15.2 Å². The highest BCUT2D eigenvalue weighted by Crippen LogP contribution is 2.24. The Morgan fingerprint density at radius 3 is 2.66 bits per heavy atom. The number of piperidine rings is 1. The van der Waals surface area contributed by atoms with E-state index in [0.29, 0.717) is 47.8 Å². The van der Waals surface area contributed by atoms with E-state index < -0.39 is 5.97 Å². The number of nitrogens with zero attached hydrogens (tertiary/aromatic N) is 3. The first-order chi connectivity index (χ1) is 14.0. The number of ether oxygens (including phenoxy) is 1. The molecule has 1 aliphatic rings. The van der Waals surface area contributed by atoms with Crippen molar-refractivity contribution in [2.45, 2.75) is 19.4 Å². The highest BCUT2D eigenvalue weighted by molar-refractivity contribution is 7.17. The normalized spacial score (nSPS) is 15.0. The molecule has 9 heteroatoms. The Bertz CT molecular complexity index is 1070. The van der Waals surface area contributed by atoms with Crippen molar-refractivity contribution < 1.29 is 19.0 Å². The van der Waals surface area contributed by atoms with Gasteiger partial charge in [-0.2, -0.15) is 0 Å². The van der Waals surface area contributed by atoms with Gasteiger partial charge in [0.2, 0.25) is 5.95 Å². The molecule has 1 aromatic carbocycles. The summed E-state index contributed by atoms with van der Waals surface area (Å²) in [6, 6.07) is 7.53. The highest BCUT2D eigenvalue weighted by Gasteiger charge is 2.27. The molecule has 152 valence electrons. The maximum Gasteiger partial charge on any atom is 0.306 e. The number of thiophene rings is 1. The average Bonchev–Trinajstić information content (AvgIpc) is 3.20. The summed E-state index contributed by atoms with van der Waals surface area (Å²) in [7, 11) is 0. The van der Waals surface area contributed by atoms with Crippen LogP contribution in [0.1, 0.15) is 12.8 Å². The topological polar surface area (TPSA) is 84.7 Å². The van der Waals surface area contributed by atoms with E-state index in [2.05, 4.69) is 4.98 Å². The minimum absolute atomic E-state index is 0.136. The Labute approximate surface area is 170 Å². The standard InChI is InChI=1S/C20H20FN3O4S/c21-14-1-3-15(4-2-14)28-11-10-24-18(25)17-16(7-12-29-17)22-20(24)23-8-5-13(6-9-23)19(26)27/h1-4,7,12-13H,5-6,8-11H2,(H,26,27). The van der Waals surface area contributed by atoms with Crippen LogP contribution in [0.15, 0.2) is 40.5 Å². The molecule has 1 aliphatic heterocycles. The Morgan fingerprint density at radius 2 is 1.97 bits per heavy atom. The van der Waals surface area contributed by atoms with Crippen molar-refractivity contribution in [3.63, 3.8) is 0 Å². The number of anilines is 1. The zero-order valence-electron chi connectivity index (χ0n) is 15.6. The van der Waals surface area contributed by atoms with E-state index >= 15 is 0 Å². The summed E-state index contributed by atoms with van der Waals surface area (Å²) in [5, 5.41) is 11.1. The van der Waals surface area contributed by atoms with Gasteiger partial charge in [-0.15, -0.1) is 11.3 Å².